The molecule has 2 aliphatic rings. The molecular formula is C15H30N2S. The quantitative estimate of drug-likeness (QED) is 0.845. The number of nitrogens with zero attached hydrogens (tertiary/aromatic N) is 1. The summed E-state index contributed by atoms with van der Waals surface area (Å²) in [6.45, 7) is 9.92. The summed E-state index contributed by atoms with van der Waals surface area (Å²) in [6, 6.07) is 0.711. The third kappa shape index (κ3) is 4.43. The van der Waals surface area contributed by atoms with Gasteiger partial charge in [0.15, 0.2) is 0 Å². The molecule has 0 aromatic carbocycles. The fraction of sp³-hybridized carbons (Fsp3) is 1.00. The smallest absolute Gasteiger partial charge is 0.0210 e. The Kier molecular flexibility index (Phi) is 5.84. The Balaban J connectivity index is 1.67. The molecule has 2 rings (SSSR count). The van der Waals surface area contributed by atoms with Crippen molar-refractivity contribution in [2.24, 2.45) is 5.41 Å². The second kappa shape index (κ2) is 7.16. The first-order chi connectivity index (χ1) is 8.68. The molecule has 0 bridgehead atoms. The number of rotatable bonds is 4. The molecule has 0 aliphatic carbocycles. The van der Waals surface area contributed by atoms with Crippen molar-refractivity contribution >= 4 is 11.8 Å². The number of thioether (sulfide) groups is 1. The molecule has 0 aromatic heterocycles. The maximum atomic E-state index is 3.82. The van der Waals surface area contributed by atoms with Crippen LogP contribution < -0.4 is 5.32 Å². The van der Waals surface area contributed by atoms with E-state index in [9.17, 15) is 0 Å². The van der Waals surface area contributed by atoms with Crippen LogP contribution in [0.25, 0.3) is 0 Å². The average Bonchev–Trinajstić information content (AvgIpc) is 2.60. The maximum absolute atomic E-state index is 3.82. The van der Waals surface area contributed by atoms with Crippen LogP contribution in [-0.4, -0.2) is 48.6 Å². The van der Waals surface area contributed by atoms with Gasteiger partial charge in [0.25, 0.3) is 0 Å². The van der Waals surface area contributed by atoms with Crippen molar-refractivity contribution in [3.05, 3.63) is 0 Å². The van der Waals surface area contributed by atoms with Gasteiger partial charge in [0.1, 0.15) is 0 Å². The zero-order valence-electron chi connectivity index (χ0n) is 12.2. The van der Waals surface area contributed by atoms with Crippen molar-refractivity contribution < 1.29 is 0 Å². The molecule has 1 N–H and O–H groups in total. The predicted octanol–water partition coefficient (Wildman–Crippen LogP) is 2.98. The van der Waals surface area contributed by atoms with Crippen molar-refractivity contribution in [2.45, 2.75) is 52.0 Å². The molecular weight excluding hydrogens is 240 g/mol. The van der Waals surface area contributed by atoms with Crippen LogP contribution in [0.5, 0.6) is 0 Å². The summed E-state index contributed by atoms with van der Waals surface area (Å²) in [5.41, 5.74) is 0.490. The number of nitrogens with one attached hydrogen (secondary N) is 1. The summed E-state index contributed by atoms with van der Waals surface area (Å²) in [7, 11) is 0. The average molecular weight is 270 g/mol. The normalized spacial score (nSPS) is 30.0. The topological polar surface area (TPSA) is 15.3 Å². The van der Waals surface area contributed by atoms with E-state index >= 15 is 0 Å². The van der Waals surface area contributed by atoms with Gasteiger partial charge in [-0.15, -0.1) is 0 Å². The van der Waals surface area contributed by atoms with Gasteiger partial charge >= 0.3 is 0 Å². The third-order valence-electron chi connectivity index (χ3n) is 4.64. The molecule has 1 unspecified atom stereocenters. The summed E-state index contributed by atoms with van der Waals surface area (Å²) in [5.74, 6) is 2.64. The van der Waals surface area contributed by atoms with Crippen LogP contribution in [-0.2, 0) is 0 Å². The van der Waals surface area contributed by atoms with Gasteiger partial charge in [-0.2, -0.15) is 11.8 Å². The van der Waals surface area contributed by atoms with Gasteiger partial charge < -0.3 is 10.2 Å². The van der Waals surface area contributed by atoms with E-state index < -0.39 is 0 Å². The largest absolute Gasteiger partial charge is 0.311 e. The van der Waals surface area contributed by atoms with Gasteiger partial charge in [0, 0.05) is 24.9 Å². The highest BCUT2D eigenvalue weighted by atomic mass is 32.2. The van der Waals surface area contributed by atoms with Gasteiger partial charge in [-0.3, -0.25) is 0 Å². The van der Waals surface area contributed by atoms with Gasteiger partial charge in [-0.25, -0.2) is 0 Å². The number of hydrogen-bond acceptors (Lipinski definition) is 3. The summed E-state index contributed by atoms with van der Waals surface area (Å²) in [4.78, 5) is 2.66. The second-order valence-corrected chi connectivity index (χ2v) is 7.73. The van der Waals surface area contributed by atoms with Gasteiger partial charge in [0.05, 0.1) is 0 Å². The summed E-state index contributed by atoms with van der Waals surface area (Å²) in [6.07, 6.45) is 7.06. The fourth-order valence-electron chi connectivity index (χ4n) is 3.03. The minimum Gasteiger partial charge on any atom is -0.311 e. The third-order valence-corrected chi connectivity index (χ3v) is 5.70. The van der Waals surface area contributed by atoms with Crippen LogP contribution in [0.2, 0.25) is 0 Å². The van der Waals surface area contributed by atoms with Crippen molar-refractivity contribution in [2.75, 3.05) is 37.7 Å². The lowest BCUT2D eigenvalue weighted by Crippen LogP contribution is -2.48. The van der Waals surface area contributed by atoms with Crippen LogP contribution in [0.3, 0.4) is 0 Å². The molecule has 0 radical (unpaired) electrons. The van der Waals surface area contributed by atoms with Gasteiger partial charge in [-0.1, -0.05) is 26.7 Å². The lowest BCUT2D eigenvalue weighted by molar-refractivity contribution is 0.226. The Bertz CT molecular complexity index is 235. The van der Waals surface area contributed by atoms with E-state index in [1.54, 1.807) is 0 Å². The van der Waals surface area contributed by atoms with Crippen molar-refractivity contribution in [1.82, 2.24) is 10.2 Å². The highest BCUT2D eigenvalue weighted by molar-refractivity contribution is 7.99. The van der Waals surface area contributed by atoms with E-state index in [1.165, 1.54) is 69.8 Å². The van der Waals surface area contributed by atoms with E-state index in [0.717, 1.165) is 0 Å². The first-order valence-corrected chi connectivity index (χ1v) is 8.87. The van der Waals surface area contributed by atoms with E-state index in [1.807, 2.05) is 0 Å². The molecule has 0 saturated carbocycles. The molecule has 0 spiro atoms. The molecule has 2 heterocycles. The van der Waals surface area contributed by atoms with Crippen LogP contribution in [0.15, 0.2) is 0 Å². The van der Waals surface area contributed by atoms with Crippen LogP contribution in [0, 0.1) is 5.41 Å². The molecule has 0 amide bonds. The zero-order valence-corrected chi connectivity index (χ0v) is 13.0. The maximum Gasteiger partial charge on any atom is 0.0210 e. The first kappa shape index (κ1) is 14.7. The minimum atomic E-state index is 0.490. The fourth-order valence-corrected chi connectivity index (χ4v) is 4.67. The standard InChI is InChI=1S/C15H30N2S/c1-15(2)7-12-18-13-14(15)16-8-11-17-9-5-3-4-6-10-17/h14,16H,3-13H2,1-2H3. The monoisotopic (exact) mass is 270 g/mol. The first-order valence-electron chi connectivity index (χ1n) is 7.72. The van der Waals surface area contributed by atoms with E-state index in [4.69, 9.17) is 0 Å². The number of likely N-dealkylation sites (tertiary alicyclic amines) is 1. The second-order valence-electron chi connectivity index (χ2n) is 6.58. The van der Waals surface area contributed by atoms with Gasteiger partial charge in [-0.05, 0) is 43.5 Å². The molecule has 2 nitrogen and oxygen atoms in total. The molecule has 2 saturated heterocycles. The number of hydrogen-bond donors (Lipinski definition) is 1. The van der Waals surface area contributed by atoms with E-state index in [2.05, 4.69) is 35.8 Å². The molecule has 106 valence electrons. The Morgan fingerprint density at radius 1 is 1.17 bits per heavy atom. The minimum absolute atomic E-state index is 0.490. The predicted molar refractivity (Wildman–Crippen MR) is 82.4 cm³/mol. The van der Waals surface area contributed by atoms with Crippen LogP contribution in [0.1, 0.15) is 46.0 Å². The Morgan fingerprint density at radius 2 is 1.89 bits per heavy atom. The highest BCUT2D eigenvalue weighted by Gasteiger charge is 2.31. The van der Waals surface area contributed by atoms with Crippen molar-refractivity contribution in [3.63, 3.8) is 0 Å². The van der Waals surface area contributed by atoms with Crippen molar-refractivity contribution in [3.8, 4) is 0 Å². The van der Waals surface area contributed by atoms with E-state index in [0.29, 0.717) is 11.5 Å². The Morgan fingerprint density at radius 3 is 2.56 bits per heavy atom. The molecule has 2 fully saturated rings. The summed E-state index contributed by atoms with van der Waals surface area (Å²) < 4.78 is 0. The molecule has 0 aromatic rings. The summed E-state index contributed by atoms with van der Waals surface area (Å²) >= 11 is 2.12. The highest BCUT2D eigenvalue weighted by Crippen LogP contribution is 2.33. The molecule has 3 heteroatoms. The molecule has 2 aliphatic heterocycles. The lowest BCUT2D eigenvalue weighted by Gasteiger charge is -2.39. The van der Waals surface area contributed by atoms with Crippen molar-refractivity contribution in [1.29, 1.82) is 0 Å². The lowest BCUT2D eigenvalue weighted by atomic mass is 9.82. The van der Waals surface area contributed by atoms with Crippen LogP contribution in [0.4, 0.5) is 0 Å². The SMILES string of the molecule is CC1(C)CCSCC1NCCN1CCCCCC1. The van der Waals surface area contributed by atoms with E-state index in [-0.39, 0.29) is 0 Å². The zero-order chi connectivity index (χ0) is 12.8. The molecule has 1 atom stereocenters. The Hall–Kier alpha value is 0.270. The van der Waals surface area contributed by atoms with Gasteiger partial charge in [0.2, 0.25) is 0 Å². The molecule has 18 heavy (non-hydrogen) atoms. The Labute approximate surface area is 117 Å². The van der Waals surface area contributed by atoms with Crippen LogP contribution >= 0.6 is 11.8 Å². The summed E-state index contributed by atoms with van der Waals surface area (Å²) in [5, 5.41) is 3.82.